The van der Waals surface area contributed by atoms with Gasteiger partial charge in [-0.15, -0.1) is 0 Å². The van der Waals surface area contributed by atoms with Crippen LogP contribution in [0.4, 0.5) is 0 Å². The van der Waals surface area contributed by atoms with Gasteiger partial charge in [0, 0.05) is 18.7 Å². The Morgan fingerprint density at radius 1 is 1.09 bits per heavy atom. The molecule has 2 heterocycles. The van der Waals surface area contributed by atoms with E-state index in [2.05, 4.69) is 5.32 Å². The first-order valence-electron chi connectivity index (χ1n) is 7.87. The quantitative estimate of drug-likeness (QED) is 0.867. The van der Waals surface area contributed by atoms with E-state index in [0.717, 1.165) is 10.8 Å². The molecule has 2 amide bonds. The lowest BCUT2D eigenvalue weighted by Gasteiger charge is -2.27. The lowest BCUT2D eigenvalue weighted by Crippen LogP contribution is -2.44. The SMILES string of the molecule is O=C1N[C@@H]2COC[C@H]1CN(C(=O)c1ccc3ccccc3c1)C2. The van der Waals surface area contributed by atoms with Crippen LogP contribution in [0.1, 0.15) is 10.4 Å². The van der Waals surface area contributed by atoms with Crippen LogP contribution >= 0.6 is 0 Å². The predicted octanol–water partition coefficient (Wildman–Crippen LogP) is 1.43. The second-order valence-corrected chi connectivity index (χ2v) is 6.21. The highest BCUT2D eigenvalue weighted by Crippen LogP contribution is 2.20. The van der Waals surface area contributed by atoms with Crippen molar-refractivity contribution in [3.05, 3.63) is 48.0 Å². The number of carbonyl (C=O) groups is 2. The number of ether oxygens (including phenoxy) is 1. The van der Waals surface area contributed by atoms with Crippen LogP contribution in [-0.4, -0.2) is 49.1 Å². The highest BCUT2D eigenvalue weighted by atomic mass is 16.5. The van der Waals surface area contributed by atoms with Gasteiger partial charge in [-0.2, -0.15) is 0 Å². The fraction of sp³-hybridized carbons (Fsp3) is 0.333. The zero-order valence-electron chi connectivity index (χ0n) is 12.7. The first-order chi connectivity index (χ1) is 11.2. The molecule has 2 aliphatic rings. The molecule has 5 nitrogen and oxygen atoms in total. The van der Waals surface area contributed by atoms with Gasteiger partial charge in [-0.05, 0) is 22.9 Å². The number of amides is 2. The Bertz CT molecular complexity index is 774. The van der Waals surface area contributed by atoms with Crippen LogP contribution < -0.4 is 5.32 Å². The maximum atomic E-state index is 12.9. The lowest BCUT2D eigenvalue weighted by molar-refractivity contribution is -0.125. The molecule has 0 saturated carbocycles. The van der Waals surface area contributed by atoms with Crippen LogP contribution in [0.25, 0.3) is 10.8 Å². The molecule has 2 aliphatic heterocycles. The first kappa shape index (κ1) is 14.2. The third-order valence-electron chi connectivity index (χ3n) is 4.52. The second-order valence-electron chi connectivity index (χ2n) is 6.21. The number of nitrogens with zero attached hydrogens (tertiary/aromatic N) is 1. The van der Waals surface area contributed by atoms with Crippen molar-refractivity contribution in [1.82, 2.24) is 10.2 Å². The summed E-state index contributed by atoms with van der Waals surface area (Å²) in [6.07, 6.45) is 0. The van der Waals surface area contributed by atoms with Crippen molar-refractivity contribution in [3.8, 4) is 0 Å². The average Bonchev–Trinajstić information content (AvgIpc) is 2.82. The van der Waals surface area contributed by atoms with Crippen molar-refractivity contribution in [2.75, 3.05) is 26.3 Å². The van der Waals surface area contributed by atoms with Gasteiger partial charge in [0.05, 0.1) is 25.2 Å². The van der Waals surface area contributed by atoms with Crippen molar-refractivity contribution in [1.29, 1.82) is 0 Å². The third kappa shape index (κ3) is 2.68. The molecule has 2 aromatic carbocycles. The van der Waals surface area contributed by atoms with Crippen LogP contribution in [0.2, 0.25) is 0 Å². The van der Waals surface area contributed by atoms with Crippen molar-refractivity contribution in [2.45, 2.75) is 6.04 Å². The number of hydrogen-bond donors (Lipinski definition) is 1. The summed E-state index contributed by atoms with van der Waals surface area (Å²) in [4.78, 5) is 26.7. The normalized spacial score (nSPS) is 24.2. The molecular weight excluding hydrogens is 292 g/mol. The van der Waals surface area contributed by atoms with E-state index in [4.69, 9.17) is 4.74 Å². The monoisotopic (exact) mass is 310 g/mol. The van der Waals surface area contributed by atoms with Crippen molar-refractivity contribution >= 4 is 22.6 Å². The summed E-state index contributed by atoms with van der Waals surface area (Å²) in [5.74, 6) is -0.322. The fourth-order valence-corrected chi connectivity index (χ4v) is 3.30. The summed E-state index contributed by atoms with van der Waals surface area (Å²) >= 11 is 0. The van der Waals surface area contributed by atoms with Gasteiger partial charge in [0.25, 0.3) is 5.91 Å². The number of benzene rings is 2. The number of carbonyl (C=O) groups excluding carboxylic acids is 2. The Balaban J connectivity index is 1.63. The Kier molecular flexibility index (Phi) is 3.50. The van der Waals surface area contributed by atoms with E-state index < -0.39 is 0 Å². The molecule has 2 saturated heterocycles. The molecule has 0 aliphatic carbocycles. The Hall–Kier alpha value is -2.40. The van der Waals surface area contributed by atoms with E-state index in [1.165, 1.54) is 0 Å². The highest BCUT2D eigenvalue weighted by molar-refractivity contribution is 5.99. The van der Waals surface area contributed by atoms with Gasteiger partial charge in [-0.1, -0.05) is 30.3 Å². The molecule has 118 valence electrons. The number of nitrogens with one attached hydrogen (secondary N) is 1. The van der Waals surface area contributed by atoms with Gasteiger partial charge < -0.3 is 15.0 Å². The Morgan fingerprint density at radius 3 is 2.78 bits per heavy atom. The van der Waals surface area contributed by atoms with Crippen LogP contribution in [0.3, 0.4) is 0 Å². The summed E-state index contributed by atoms with van der Waals surface area (Å²) in [7, 11) is 0. The molecule has 2 fully saturated rings. The molecule has 0 spiro atoms. The van der Waals surface area contributed by atoms with E-state index in [-0.39, 0.29) is 23.8 Å². The minimum atomic E-state index is -0.285. The summed E-state index contributed by atoms with van der Waals surface area (Å²) in [5, 5.41) is 5.11. The molecule has 2 atom stereocenters. The summed E-state index contributed by atoms with van der Waals surface area (Å²) in [6, 6.07) is 13.6. The second kappa shape index (κ2) is 5.66. The Labute approximate surface area is 134 Å². The molecule has 0 radical (unpaired) electrons. The van der Waals surface area contributed by atoms with Gasteiger partial charge in [0.15, 0.2) is 0 Å². The van der Waals surface area contributed by atoms with Crippen LogP contribution in [0, 0.1) is 5.92 Å². The standard InChI is InChI=1S/C18H18N2O3/c21-17-15-8-20(9-16(19-17)11-23-10-15)18(22)14-6-5-12-3-1-2-4-13(12)7-14/h1-7,15-16H,8-11H2,(H,19,21)/t15-,16+/m1/s1. The molecule has 0 unspecified atom stereocenters. The average molecular weight is 310 g/mol. The van der Waals surface area contributed by atoms with E-state index in [1.54, 1.807) is 4.90 Å². The van der Waals surface area contributed by atoms with E-state index in [9.17, 15) is 9.59 Å². The highest BCUT2D eigenvalue weighted by Gasteiger charge is 2.35. The maximum Gasteiger partial charge on any atom is 0.253 e. The molecular formula is C18H18N2O3. The van der Waals surface area contributed by atoms with Gasteiger partial charge in [0.1, 0.15) is 0 Å². The molecule has 2 aromatic rings. The fourth-order valence-electron chi connectivity index (χ4n) is 3.30. The van der Waals surface area contributed by atoms with E-state index in [1.807, 2.05) is 42.5 Å². The van der Waals surface area contributed by atoms with Gasteiger partial charge in [-0.25, -0.2) is 0 Å². The summed E-state index contributed by atoms with van der Waals surface area (Å²) in [5.41, 5.74) is 0.664. The molecule has 0 aromatic heterocycles. The maximum absolute atomic E-state index is 12.9. The number of hydrogen-bond acceptors (Lipinski definition) is 3. The molecule has 1 N–H and O–H groups in total. The van der Waals surface area contributed by atoms with Gasteiger partial charge in [-0.3, -0.25) is 9.59 Å². The summed E-state index contributed by atoms with van der Waals surface area (Å²) < 4.78 is 5.50. The molecule has 23 heavy (non-hydrogen) atoms. The van der Waals surface area contributed by atoms with Gasteiger partial charge in [0.2, 0.25) is 5.91 Å². The van der Waals surface area contributed by atoms with Crippen LogP contribution in [0.15, 0.2) is 42.5 Å². The smallest absolute Gasteiger partial charge is 0.253 e. The van der Waals surface area contributed by atoms with Crippen molar-refractivity contribution in [3.63, 3.8) is 0 Å². The minimum Gasteiger partial charge on any atom is -0.378 e. The largest absolute Gasteiger partial charge is 0.378 e. The molecule has 2 bridgehead atoms. The zero-order valence-corrected chi connectivity index (χ0v) is 12.7. The van der Waals surface area contributed by atoms with Gasteiger partial charge >= 0.3 is 0 Å². The topological polar surface area (TPSA) is 58.6 Å². The first-order valence-corrected chi connectivity index (χ1v) is 7.87. The van der Waals surface area contributed by atoms with E-state index >= 15 is 0 Å². The Morgan fingerprint density at radius 2 is 1.91 bits per heavy atom. The van der Waals surface area contributed by atoms with Crippen molar-refractivity contribution < 1.29 is 14.3 Å². The molecule has 5 heteroatoms. The van der Waals surface area contributed by atoms with Crippen molar-refractivity contribution in [2.24, 2.45) is 5.92 Å². The third-order valence-corrected chi connectivity index (χ3v) is 4.52. The molecule has 4 rings (SSSR count). The number of rotatable bonds is 1. The van der Waals surface area contributed by atoms with E-state index in [0.29, 0.717) is 31.9 Å². The zero-order chi connectivity index (χ0) is 15.8. The van der Waals surface area contributed by atoms with Crippen LogP contribution in [-0.2, 0) is 9.53 Å². The number of fused-ring (bicyclic) bond motifs is 4. The van der Waals surface area contributed by atoms with Crippen LogP contribution in [0.5, 0.6) is 0 Å². The minimum absolute atomic E-state index is 0.0127. The predicted molar refractivity (Wildman–Crippen MR) is 86.1 cm³/mol. The lowest BCUT2D eigenvalue weighted by atomic mass is 10.1. The summed E-state index contributed by atoms with van der Waals surface area (Å²) in [6.45, 7) is 1.75.